The van der Waals surface area contributed by atoms with Crippen molar-refractivity contribution >= 4 is 22.2 Å². The van der Waals surface area contributed by atoms with Gasteiger partial charge < -0.3 is 14.5 Å². The highest BCUT2D eigenvalue weighted by atomic mass is 32.1. The molecule has 1 aliphatic heterocycles. The molecule has 5 nitrogen and oxygen atoms in total. The van der Waals surface area contributed by atoms with Crippen LogP contribution >= 0.6 is 11.3 Å². The van der Waals surface area contributed by atoms with Gasteiger partial charge in [-0.1, -0.05) is 12.1 Å². The first-order chi connectivity index (χ1) is 11.3. The topological polar surface area (TPSA) is 56.6 Å². The van der Waals surface area contributed by atoms with Crippen molar-refractivity contribution in [2.75, 3.05) is 37.7 Å². The zero-order valence-corrected chi connectivity index (χ0v) is 13.5. The van der Waals surface area contributed by atoms with Crippen molar-refractivity contribution in [3.8, 4) is 11.8 Å². The number of anilines is 1. The van der Waals surface area contributed by atoms with Crippen molar-refractivity contribution in [1.29, 1.82) is 5.26 Å². The van der Waals surface area contributed by atoms with Gasteiger partial charge in [-0.2, -0.15) is 5.26 Å². The number of nitrogens with zero attached hydrogens (tertiary/aromatic N) is 3. The number of hydrogen-bond acceptors (Lipinski definition) is 5. The SMILES string of the molecule is N#Cc1ccccc1OCC(=O)N1CCN(c2cccs2)CC1. The summed E-state index contributed by atoms with van der Waals surface area (Å²) in [5, 5.41) is 12.3. The Labute approximate surface area is 139 Å². The summed E-state index contributed by atoms with van der Waals surface area (Å²) in [6.07, 6.45) is 0. The predicted octanol–water partition coefficient (Wildman–Crippen LogP) is 2.35. The summed E-state index contributed by atoms with van der Waals surface area (Å²) >= 11 is 1.72. The highest BCUT2D eigenvalue weighted by molar-refractivity contribution is 7.14. The number of benzene rings is 1. The second-order valence-electron chi connectivity index (χ2n) is 5.22. The van der Waals surface area contributed by atoms with Crippen LogP contribution in [0.25, 0.3) is 0 Å². The Bertz CT molecular complexity index is 701. The van der Waals surface area contributed by atoms with Gasteiger partial charge in [-0.25, -0.2) is 0 Å². The Morgan fingerprint density at radius 1 is 1.17 bits per heavy atom. The fourth-order valence-corrected chi connectivity index (χ4v) is 3.33. The molecule has 1 aliphatic rings. The van der Waals surface area contributed by atoms with Crippen LogP contribution in [0.4, 0.5) is 5.00 Å². The van der Waals surface area contributed by atoms with Gasteiger partial charge in [0.2, 0.25) is 0 Å². The van der Waals surface area contributed by atoms with E-state index in [2.05, 4.69) is 22.4 Å². The number of ether oxygens (including phenoxy) is 1. The van der Waals surface area contributed by atoms with E-state index in [-0.39, 0.29) is 12.5 Å². The molecule has 1 fully saturated rings. The third kappa shape index (κ3) is 3.63. The molecule has 6 heteroatoms. The number of piperazine rings is 1. The maximum Gasteiger partial charge on any atom is 0.260 e. The summed E-state index contributed by atoms with van der Waals surface area (Å²) < 4.78 is 5.52. The summed E-state index contributed by atoms with van der Waals surface area (Å²) in [4.78, 5) is 16.4. The van der Waals surface area contributed by atoms with E-state index in [1.807, 2.05) is 11.0 Å². The van der Waals surface area contributed by atoms with Gasteiger partial charge in [0, 0.05) is 26.2 Å². The Balaban J connectivity index is 1.51. The van der Waals surface area contributed by atoms with Crippen LogP contribution < -0.4 is 9.64 Å². The molecule has 0 aliphatic carbocycles. The molecule has 118 valence electrons. The van der Waals surface area contributed by atoms with Crippen LogP contribution in [0.15, 0.2) is 41.8 Å². The summed E-state index contributed by atoms with van der Waals surface area (Å²) in [7, 11) is 0. The maximum atomic E-state index is 12.3. The van der Waals surface area contributed by atoms with Gasteiger partial charge in [0.15, 0.2) is 6.61 Å². The number of amides is 1. The number of nitriles is 1. The molecule has 0 N–H and O–H groups in total. The Morgan fingerprint density at radius 3 is 2.65 bits per heavy atom. The predicted molar refractivity (Wildman–Crippen MR) is 89.8 cm³/mol. The minimum absolute atomic E-state index is 0.0301. The maximum absolute atomic E-state index is 12.3. The van der Waals surface area contributed by atoms with E-state index in [9.17, 15) is 4.79 Å². The van der Waals surface area contributed by atoms with Gasteiger partial charge in [-0.3, -0.25) is 4.79 Å². The molecule has 0 spiro atoms. The van der Waals surface area contributed by atoms with Crippen molar-refractivity contribution in [3.05, 3.63) is 47.3 Å². The average molecular weight is 327 g/mol. The van der Waals surface area contributed by atoms with Gasteiger partial charge in [0.05, 0.1) is 10.6 Å². The van der Waals surface area contributed by atoms with Gasteiger partial charge in [0.25, 0.3) is 5.91 Å². The molecule has 1 aromatic carbocycles. The van der Waals surface area contributed by atoms with Gasteiger partial charge >= 0.3 is 0 Å². The third-order valence-electron chi connectivity index (χ3n) is 3.81. The Hall–Kier alpha value is -2.52. The molecular formula is C17H17N3O2S. The molecule has 3 rings (SSSR count). The Kier molecular flexibility index (Phi) is 4.79. The van der Waals surface area contributed by atoms with Crippen LogP contribution in [0.5, 0.6) is 5.75 Å². The van der Waals surface area contributed by atoms with Crippen LogP contribution in [-0.2, 0) is 4.79 Å². The number of carbonyl (C=O) groups excluding carboxylic acids is 1. The van der Waals surface area contributed by atoms with Crippen molar-refractivity contribution in [1.82, 2.24) is 4.90 Å². The third-order valence-corrected chi connectivity index (χ3v) is 4.74. The van der Waals surface area contributed by atoms with Crippen LogP contribution in [0, 0.1) is 11.3 Å². The van der Waals surface area contributed by atoms with Crippen LogP contribution in [0.3, 0.4) is 0 Å². The smallest absolute Gasteiger partial charge is 0.260 e. The average Bonchev–Trinajstić information content (AvgIpc) is 3.14. The number of thiophene rings is 1. The normalized spacial score (nSPS) is 14.4. The molecule has 1 amide bonds. The largest absolute Gasteiger partial charge is 0.482 e. The molecule has 1 saturated heterocycles. The number of para-hydroxylation sites is 1. The van der Waals surface area contributed by atoms with E-state index in [0.29, 0.717) is 24.4 Å². The summed E-state index contributed by atoms with van der Waals surface area (Å²) in [6.45, 7) is 3.03. The molecule has 2 aromatic rings. The first-order valence-corrected chi connectivity index (χ1v) is 8.34. The summed E-state index contributed by atoms with van der Waals surface area (Å²) in [6, 6.07) is 13.2. The summed E-state index contributed by atoms with van der Waals surface area (Å²) in [5.74, 6) is 0.421. The van der Waals surface area contributed by atoms with Crippen LogP contribution in [0.1, 0.15) is 5.56 Å². The molecule has 0 radical (unpaired) electrons. The second-order valence-corrected chi connectivity index (χ2v) is 6.14. The lowest BCUT2D eigenvalue weighted by Gasteiger charge is -2.35. The number of carbonyl (C=O) groups is 1. The minimum Gasteiger partial charge on any atom is -0.482 e. The number of rotatable bonds is 4. The zero-order chi connectivity index (χ0) is 16.1. The van der Waals surface area contributed by atoms with E-state index < -0.39 is 0 Å². The fourth-order valence-electron chi connectivity index (χ4n) is 2.54. The fraction of sp³-hybridized carbons (Fsp3) is 0.294. The second kappa shape index (κ2) is 7.16. The molecule has 2 heterocycles. The standard InChI is InChI=1S/C17H17N3O2S/c18-12-14-4-1-2-5-15(14)22-13-16(21)19-7-9-20(10-8-19)17-6-3-11-23-17/h1-6,11H,7-10,13H2. The van der Waals surface area contributed by atoms with E-state index in [0.717, 1.165) is 13.1 Å². The quantitative estimate of drug-likeness (QED) is 0.865. The molecule has 1 aromatic heterocycles. The van der Waals surface area contributed by atoms with Crippen molar-refractivity contribution in [3.63, 3.8) is 0 Å². The van der Waals surface area contributed by atoms with Gasteiger partial charge in [-0.15, -0.1) is 11.3 Å². The van der Waals surface area contributed by atoms with Crippen LogP contribution in [0.2, 0.25) is 0 Å². The van der Waals surface area contributed by atoms with E-state index in [1.54, 1.807) is 35.6 Å². The lowest BCUT2D eigenvalue weighted by molar-refractivity contribution is -0.133. The highest BCUT2D eigenvalue weighted by Gasteiger charge is 2.22. The molecule has 0 bridgehead atoms. The molecule has 0 unspecified atom stereocenters. The lowest BCUT2D eigenvalue weighted by atomic mass is 10.2. The molecule has 0 atom stereocenters. The van der Waals surface area contributed by atoms with Gasteiger partial charge in [-0.05, 0) is 29.6 Å². The van der Waals surface area contributed by atoms with Crippen LogP contribution in [-0.4, -0.2) is 43.6 Å². The summed E-state index contributed by atoms with van der Waals surface area (Å²) in [5.41, 5.74) is 0.447. The molecule has 23 heavy (non-hydrogen) atoms. The van der Waals surface area contributed by atoms with Gasteiger partial charge in [0.1, 0.15) is 11.8 Å². The van der Waals surface area contributed by atoms with Crippen molar-refractivity contribution in [2.45, 2.75) is 0 Å². The molecular weight excluding hydrogens is 310 g/mol. The molecule has 0 saturated carbocycles. The van der Waals surface area contributed by atoms with E-state index in [1.165, 1.54) is 5.00 Å². The van der Waals surface area contributed by atoms with Crippen molar-refractivity contribution in [2.24, 2.45) is 0 Å². The minimum atomic E-state index is -0.0384. The number of hydrogen-bond donors (Lipinski definition) is 0. The first kappa shape index (κ1) is 15.4. The van der Waals surface area contributed by atoms with E-state index in [4.69, 9.17) is 10.00 Å². The van der Waals surface area contributed by atoms with Crippen molar-refractivity contribution < 1.29 is 9.53 Å². The Morgan fingerprint density at radius 2 is 1.96 bits per heavy atom. The zero-order valence-electron chi connectivity index (χ0n) is 12.6. The monoisotopic (exact) mass is 327 g/mol. The first-order valence-electron chi connectivity index (χ1n) is 7.46. The highest BCUT2D eigenvalue weighted by Crippen LogP contribution is 2.22. The van der Waals surface area contributed by atoms with E-state index >= 15 is 0 Å². The lowest BCUT2D eigenvalue weighted by Crippen LogP contribution is -2.49.